The fraction of sp³-hybridized carbons (Fsp3) is 0.160. The van der Waals surface area contributed by atoms with E-state index in [2.05, 4.69) is 32.5 Å². The van der Waals surface area contributed by atoms with Gasteiger partial charge in [-0.3, -0.25) is 9.89 Å². The number of carbonyl (C=O) groups is 1. The van der Waals surface area contributed by atoms with Crippen molar-refractivity contribution in [2.45, 2.75) is 12.8 Å². The molecule has 0 unspecified atom stereocenters. The number of hydrogen-bond acceptors (Lipinski definition) is 4. The minimum Gasteiger partial charge on any atom is -0.497 e. The van der Waals surface area contributed by atoms with Gasteiger partial charge in [-0.05, 0) is 60.9 Å². The average molecular weight is 425 g/mol. The van der Waals surface area contributed by atoms with E-state index in [1.807, 2.05) is 48.8 Å². The van der Waals surface area contributed by atoms with Gasteiger partial charge in [0.05, 0.1) is 24.6 Å². The predicted octanol–water partition coefficient (Wildman–Crippen LogP) is 3.37. The number of hydrogen-bond donors (Lipinski definition) is 2. The highest BCUT2D eigenvalue weighted by Gasteiger charge is 2.10. The molecule has 0 spiro atoms. The molecule has 0 aliphatic heterocycles. The van der Waals surface area contributed by atoms with E-state index < -0.39 is 0 Å². The van der Waals surface area contributed by atoms with Gasteiger partial charge in [-0.2, -0.15) is 10.2 Å². The van der Waals surface area contributed by atoms with E-state index in [1.54, 1.807) is 36.3 Å². The third kappa shape index (κ3) is 5.24. The molecular weight excluding hydrogens is 402 g/mol. The first kappa shape index (κ1) is 20.9. The Bertz CT molecular complexity index is 1240. The fourth-order valence-electron chi connectivity index (χ4n) is 3.24. The molecule has 32 heavy (non-hydrogen) atoms. The molecule has 160 valence electrons. The SMILES string of the molecule is COc1cccc(C#Cc2cc(C(=O)NCCCc3cn[nH]c3)ccc2-n2cccn2)c1. The van der Waals surface area contributed by atoms with Gasteiger partial charge in [0.2, 0.25) is 0 Å². The highest BCUT2D eigenvalue weighted by atomic mass is 16.5. The molecular formula is C25H23N5O2. The molecule has 2 N–H and O–H groups in total. The summed E-state index contributed by atoms with van der Waals surface area (Å²) in [7, 11) is 1.62. The molecule has 0 fully saturated rings. The van der Waals surface area contributed by atoms with E-state index in [4.69, 9.17) is 4.74 Å². The van der Waals surface area contributed by atoms with Gasteiger partial charge < -0.3 is 10.1 Å². The van der Waals surface area contributed by atoms with Crippen molar-refractivity contribution in [2.75, 3.05) is 13.7 Å². The number of aryl methyl sites for hydroxylation is 1. The second-order valence-corrected chi connectivity index (χ2v) is 7.13. The Kier molecular flexibility index (Phi) is 6.63. The largest absolute Gasteiger partial charge is 0.497 e. The molecule has 0 radical (unpaired) electrons. The maximum atomic E-state index is 12.7. The summed E-state index contributed by atoms with van der Waals surface area (Å²) in [5.74, 6) is 6.97. The molecule has 0 atom stereocenters. The second kappa shape index (κ2) is 10.1. The number of aromatic nitrogens is 4. The minimum atomic E-state index is -0.131. The van der Waals surface area contributed by atoms with Crippen molar-refractivity contribution < 1.29 is 9.53 Å². The molecule has 0 bridgehead atoms. The molecule has 7 nitrogen and oxygen atoms in total. The van der Waals surface area contributed by atoms with Crippen molar-refractivity contribution in [3.05, 3.63) is 95.6 Å². The van der Waals surface area contributed by atoms with Crippen molar-refractivity contribution in [3.8, 4) is 23.3 Å². The topological polar surface area (TPSA) is 84.8 Å². The maximum Gasteiger partial charge on any atom is 0.251 e. The lowest BCUT2D eigenvalue weighted by Gasteiger charge is -2.09. The molecule has 7 heteroatoms. The van der Waals surface area contributed by atoms with Crippen LogP contribution < -0.4 is 10.1 Å². The summed E-state index contributed by atoms with van der Waals surface area (Å²) in [4.78, 5) is 12.7. The van der Waals surface area contributed by atoms with Gasteiger partial charge in [-0.25, -0.2) is 4.68 Å². The van der Waals surface area contributed by atoms with Crippen LogP contribution >= 0.6 is 0 Å². The monoisotopic (exact) mass is 425 g/mol. The first-order valence-electron chi connectivity index (χ1n) is 10.3. The van der Waals surface area contributed by atoms with Crippen LogP contribution in [0.4, 0.5) is 0 Å². The maximum absolute atomic E-state index is 12.7. The number of nitrogens with one attached hydrogen (secondary N) is 2. The summed E-state index contributed by atoms with van der Waals surface area (Å²) in [5, 5.41) is 14.0. The number of methoxy groups -OCH3 is 1. The number of aromatic amines is 1. The highest BCUT2D eigenvalue weighted by Crippen LogP contribution is 2.17. The van der Waals surface area contributed by atoms with Crippen LogP contribution in [0.2, 0.25) is 0 Å². The van der Waals surface area contributed by atoms with Crippen LogP contribution in [0.5, 0.6) is 5.75 Å². The van der Waals surface area contributed by atoms with Gasteiger partial charge in [0.15, 0.2) is 0 Å². The average Bonchev–Trinajstić information content (AvgIpc) is 3.55. The second-order valence-electron chi connectivity index (χ2n) is 7.13. The third-order valence-corrected chi connectivity index (χ3v) is 4.90. The van der Waals surface area contributed by atoms with Crippen LogP contribution in [0, 0.1) is 11.8 Å². The first-order valence-corrected chi connectivity index (χ1v) is 10.3. The zero-order chi connectivity index (χ0) is 22.2. The van der Waals surface area contributed by atoms with E-state index in [0.29, 0.717) is 17.7 Å². The molecule has 0 aliphatic rings. The number of benzene rings is 2. The molecule has 4 aromatic rings. The van der Waals surface area contributed by atoms with Crippen molar-refractivity contribution in [1.29, 1.82) is 0 Å². The van der Waals surface area contributed by atoms with Crippen LogP contribution in [0.25, 0.3) is 5.69 Å². The van der Waals surface area contributed by atoms with Crippen LogP contribution in [0.1, 0.15) is 33.5 Å². The quantitative estimate of drug-likeness (QED) is 0.351. The summed E-state index contributed by atoms with van der Waals surface area (Å²) in [6.45, 7) is 0.579. The van der Waals surface area contributed by atoms with E-state index in [9.17, 15) is 4.79 Å². The van der Waals surface area contributed by atoms with Gasteiger partial charge in [0.25, 0.3) is 5.91 Å². The van der Waals surface area contributed by atoms with Crippen LogP contribution in [0.15, 0.2) is 73.3 Å². The Morgan fingerprint density at radius 2 is 2.12 bits per heavy atom. The number of H-pyrrole nitrogens is 1. The lowest BCUT2D eigenvalue weighted by molar-refractivity contribution is 0.0953. The van der Waals surface area contributed by atoms with Crippen LogP contribution in [-0.4, -0.2) is 39.5 Å². The third-order valence-electron chi connectivity index (χ3n) is 4.90. The molecule has 2 aromatic heterocycles. The fourth-order valence-corrected chi connectivity index (χ4v) is 3.24. The summed E-state index contributed by atoms with van der Waals surface area (Å²) in [6.07, 6.45) is 8.90. The van der Waals surface area contributed by atoms with Crippen molar-refractivity contribution in [3.63, 3.8) is 0 Å². The number of ether oxygens (including phenoxy) is 1. The molecule has 0 aliphatic carbocycles. The van der Waals surface area contributed by atoms with Crippen molar-refractivity contribution >= 4 is 5.91 Å². The van der Waals surface area contributed by atoms with E-state index >= 15 is 0 Å². The number of nitrogens with zero attached hydrogens (tertiary/aromatic N) is 3. The van der Waals surface area contributed by atoms with Crippen LogP contribution in [0.3, 0.4) is 0 Å². The zero-order valence-corrected chi connectivity index (χ0v) is 17.7. The van der Waals surface area contributed by atoms with Gasteiger partial charge in [0, 0.05) is 36.3 Å². The Labute approximate surface area is 186 Å². The molecule has 0 saturated heterocycles. The number of amides is 1. The van der Waals surface area contributed by atoms with Gasteiger partial charge in [-0.1, -0.05) is 17.9 Å². The summed E-state index contributed by atoms with van der Waals surface area (Å²) >= 11 is 0. The molecule has 2 heterocycles. The summed E-state index contributed by atoms with van der Waals surface area (Å²) < 4.78 is 7.01. The van der Waals surface area contributed by atoms with E-state index in [-0.39, 0.29) is 5.91 Å². The van der Waals surface area contributed by atoms with E-state index in [0.717, 1.165) is 35.4 Å². The molecule has 2 aromatic carbocycles. The Hall–Kier alpha value is -4.31. The predicted molar refractivity (Wildman–Crippen MR) is 122 cm³/mol. The Balaban J connectivity index is 1.53. The Morgan fingerprint density at radius 1 is 1.19 bits per heavy atom. The normalized spacial score (nSPS) is 10.3. The summed E-state index contributed by atoms with van der Waals surface area (Å²) in [6, 6.07) is 14.9. The lowest BCUT2D eigenvalue weighted by atomic mass is 10.1. The zero-order valence-electron chi connectivity index (χ0n) is 17.7. The Morgan fingerprint density at radius 3 is 2.91 bits per heavy atom. The van der Waals surface area contributed by atoms with Crippen LogP contribution in [-0.2, 0) is 6.42 Å². The first-order chi connectivity index (χ1) is 15.7. The van der Waals surface area contributed by atoms with E-state index in [1.165, 1.54) is 0 Å². The van der Waals surface area contributed by atoms with Gasteiger partial charge in [-0.15, -0.1) is 0 Å². The molecule has 0 saturated carbocycles. The molecule has 1 amide bonds. The van der Waals surface area contributed by atoms with Crippen molar-refractivity contribution in [2.24, 2.45) is 0 Å². The van der Waals surface area contributed by atoms with Gasteiger partial charge in [0.1, 0.15) is 5.75 Å². The lowest BCUT2D eigenvalue weighted by Crippen LogP contribution is -2.25. The summed E-state index contributed by atoms with van der Waals surface area (Å²) in [5.41, 5.74) is 4.02. The number of rotatable bonds is 7. The highest BCUT2D eigenvalue weighted by molar-refractivity contribution is 5.95. The minimum absolute atomic E-state index is 0.131. The van der Waals surface area contributed by atoms with Crippen molar-refractivity contribution in [1.82, 2.24) is 25.3 Å². The van der Waals surface area contributed by atoms with Gasteiger partial charge >= 0.3 is 0 Å². The number of carbonyl (C=O) groups excluding carboxylic acids is 1. The standard InChI is InChI=1S/C25H23N5O2/c1-32-23-7-2-5-19(15-23)8-9-21-16-22(10-11-24(21)30-14-4-13-29-30)25(31)26-12-3-6-20-17-27-28-18-20/h2,4-5,7,10-11,13-18H,3,6,12H2,1H3,(H,26,31)(H,27,28). The smallest absolute Gasteiger partial charge is 0.251 e. The molecule has 4 rings (SSSR count).